The number of aromatic nitrogens is 5. The summed E-state index contributed by atoms with van der Waals surface area (Å²) in [5, 5.41) is 6.93. The quantitative estimate of drug-likeness (QED) is 0.448. The van der Waals surface area contributed by atoms with E-state index in [0.717, 1.165) is 11.1 Å². The normalized spacial score (nSPS) is 10.4. The van der Waals surface area contributed by atoms with Gasteiger partial charge in [-0.3, -0.25) is 25.3 Å². The Kier molecular flexibility index (Phi) is 5.23. The Morgan fingerprint density at radius 3 is 2.81 bits per heavy atom. The monoisotopic (exact) mass is 371 g/mol. The molecule has 3 aromatic rings. The average molecular weight is 371 g/mol. The first kappa shape index (κ1) is 17.5. The van der Waals surface area contributed by atoms with Crippen LogP contribution in [0.5, 0.6) is 5.88 Å². The standard InChI is InChI=1S/C16H17N7O2S/c1-10-3-5-11(6-4-10)14-20-22-16(26)23(14)9-12(24)19-21-15-17-8-7-13(18-15)25-2/h3-8H,9H2,1-2H3,(H,19,24)(H,22,26)(H,17,18,21). The fourth-order valence-electron chi connectivity index (χ4n) is 2.21. The summed E-state index contributed by atoms with van der Waals surface area (Å²) < 4.78 is 6.97. The van der Waals surface area contributed by atoms with Gasteiger partial charge in [0.25, 0.3) is 5.91 Å². The second-order valence-corrected chi connectivity index (χ2v) is 5.79. The van der Waals surface area contributed by atoms with Gasteiger partial charge in [0.15, 0.2) is 10.6 Å². The van der Waals surface area contributed by atoms with Gasteiger partial charge in [-0.1, -0.05) is 29.8 Å². The lowest BCUT2D eigenvalue weighted by Crippen LogP contribution is -2.33. The van der Waals surface area contributed by atoms with Crippen LogP contribution in [0.15, 0.2) is 36.5 Å². The van der Waals surface area contributed by atoms with Gasteiger partial charge in [0.05, 0.1) is 7.11 Å². The van der Waals surface area contributed by atoms with E-state index in [2.05, 4.69) is 31.0 Å². The number of ether oxygens (including phenoxy) is 1. The van der Waals surface area contributed by atoms with Crippen molar-refractivity contribution in [3.05, 3.63) is 46.9 Å². The lowest BCUT2D eigenvalue weighted by molar-refractivity contribution is -0.121. The molecule has 0 spiro atoms. The minimum Gasteiger partial charge on any atom is -0.481 e. The minimum atomic E-state index is -0.331. The third kappa shape index (κ3) is 4.03. The minimum absolute atomic E-state index is 0.0183. The van der Waals surface area contributed by atoms with Crippen LogP contribution in [0.1, 0.15) is 5.56 Å². The maximum Gasteiger partial charge on any atom is 0.258 e. The number of nitrogens with one attached hydrogen (secondary N) is 3. The Morgan fingerprint density at radius 2 is 2.08 bits per heavy atom. The lowest BCUT2D eigenvalue weighted by atomic mass is 10.1. The number of hydrazine groups is 1. The van der Waals surface area contributed by atoms with Crippen molar-refractivity contribution in [2.75, 3.05) is 12.5 Å². The molecular formula is C16H17N7O2S. The zero-order valence-corrected chi connectivity index (χ0v) is 15.0. The van der Waals surface area contributed by atoms with Crippen molar-refractivity contribution >= 4 is 24.1 Å². The van der Waals surface area contributed by atoms with Crippen molar-refractivity contribution < 1.29 is 9.53 Å². The highest BCUT2D eigenvalue weighted by atomic mass is 32.1. The SMILES string of the molecule is COc1ccnc(NNC(=O)Cn2c(-c3ccc(C)cc3)n[nH]c2=S)n1. The highest BCUT2D eigenvalue weighted by Crippen LogP contribution is 2.17. The molecular weight excluding hydrogens is 354 g/mol. The van der Waals surface area contributed by atoms with Crippen LogP contribution in [0, 0.1) is 11.7 Å². The molecule has 134 valence electrons. The van der Waals surface area contributed by atoms with Crippen LogP contribution in [0.3, 0.4) is 0 Å². The molecule has 26 heavy (non-hydrogen) atoms. The van der Waals surface area contributed by atoms with Crippen LogP contribution >= 0.6 is 12.2 Å². The second-order valence-electron chi connectivity index (χ2n) is 5.40. The number of H-pyrrole nitrogens is 1. The smallest absolute Gasteiger partial charge is 0.258 e. The summed E-state index contributed by atoms with van der Waals surface area (Å²) in [6.07, 6.45) is 1.52. The molecule has 0 bridgehead atoms. The van der Waals surface area contributed by atoms with Crippen molar-refractivity contribution in [3.8, 4) is 17.3 Å². The Morgan fingerprint density at radius 1 is 1.31 bits per heavy atom. The molecule has 9 nitrogen and oxygen atoms in total. The Bertz CT molecular complexity index is 965. The molecule has 1 aromatic carbocycles. The number of anilines is 1. The molecule has 3 N–H and O–H groups in total. The average Bonchev–Trinajstić information content (AvgIpc) is 3.01. The molecule has 10 heteroatoms. The van der Waals surface area contributed by atoms with Gasteiger partial charge >= 0.3 is 0 Å². The fourth-order valence-corrected chi connectivity index (χ4v) is 2.41. The molecule has 0 fully saturated rings. The zero-order valence-electron chi connectivity index (χ0n) is 14.2. The van der Waals surface area contributed by atoms with E-state index in [-0.39, 0.29) is 18.4 Å². The third-order valence-electron chi connectivity index (χ3n) is 3.52. The predicted octanol–water partition coefficient (Wildman–Crippen LogP) is 1.86. The Hall–Kier alpha value is -3.27. The van der Waals surface area contributed by atoms with Gasteiger partial charge in [0, 0.05) is 17.8 Å². The molecule has 2 aromatic heterocycles. The van der Waals surface area contributed by atoms with Gasteiger partial charge < -0.3 is 4.74 Å². The van der Waals surface area contributed by atoms with Crippen molar-refractivity contribution in [3.63, 3.8) is 0 Å². The number of benzene rings is 1. The van der Waals surface area contributed by atoms with Gasteiger partial charge in [-0.15, -0.1) is 0 Å². The number of nitrogens with zero attached hydrogens (tertiary/aromatic N) is 4. The van der Waals surface area contributed by atoms with E-state index in [9.17, 15) is 4.79 Å². The number of hydrogen-bond acceptors (Lipinski definition) is 7. The first-order valence-corrected chi connectivity index (χ1v) is 8.12. The van der Waals surface area contributed by atoms with Gasteiger partial charge in [0.2, 0.25) is 11.8 Å². The van der Waals surface area contributed by atoms with Crippen LogP contribution in [0.25, 0.3) is 11.4 Å². The summed E-state index contributed by atoms with van der Waals surface area (Å²) in [7, 11) is 1.50. The molecule has 1 amide bonds. The molecule has 0 aliphatic rings. The Balaban J connectivity index is 1.70. The number of carbonyl (C=O) groups excluding carboxylic acids is 1. The maximum atomic E-state index is 12.3. The molecule has 0 unspecified atom stereocenters. The van der Waals surface area contributed by atoms with Gasteiger partial charge in [-0.2, -0.15) is 10.1 Å². The van der Waals surface area contributed by atoms with E-state index >= 15 is 0 Å². The summed E-state index contributed by atoms with van der Waals surface area (Å²) in [6, 6.07) is 9.40. The van der Waals surface area contributed by atoms with E-state index in [1.165, 1.54) is 13.3 Å². The number of methoxy groups -OCH3 is 1. The number of rotatable bonds is 6. The molecule has 0 atom stereocenters. The molecule has 2 heterocycles. The molecule has 3 rings (SSSR count). The largest absolute Gasteiger partial charge is 0.481 e. The van der Waals surface area contributed by atoms with E-state index < -0.39 is 0 Å². The van der Waals surface area contributed by atoms with Crippen molar-refractivity contribution in [1.82, 2.24) is 30.2 Å². The summed E-state index contributed by atoms with van der Waals surface area (Å²) in [5.41, 5.74) is 7.16. The molecule has 0 radical (unpaired) electrons. The topological polar surface area (TPSA) is 110 Å². The third-order valence-corrected chi connectivity index (χ3v) is 3.83. The van der Waals surface area contributed by atoms with Gasteiger partial charge in [-0.25, -0.2) is 4.98 Å². The summed E-state index contributed by atoms with van der Waals surface area (Å²) in [4.78, 5) is 20.3. The first-order chi connectivity index (χ1) is 12.6. The van der Waals surface area contributed by atoms with Crippen molar-refractivity contribution in [2.45, 2.75) is 13.5 Å². The van der Waals surface area contributed by atoms with Crippen LogP contribution < -0.4 is 15.6 Å². The number of aromatic amines is 1. The van der Waals surface area contributed by atoms with Gasteiger partial charge in [-0.05, 0) is 19.1 Å². The number of aryl methyl sites for hydroxylation is 1. The molecule has 0 saturated heterocycles. The molecule has 0 aliphatic carbocycles. The fraction of sp³-hybridized carbons (Fsp3) is 0.188. The zero-order chi connectivity index (χ0) is 18.5. The predicted molar refractivity (Wildman–Crippen MR) is 97.9 cm³/mol. The first-order valence-electron chi connectivity index (χ1n) is 7.71. The number of hydrogen-bond donors (Lipinski definition) is 3. The summed E-state index contributed by atoms with van der Waals surface area (Å²) in [6.45, 7) is 1.98. The maximum absolute atomic E-state index is 12.3. The number of carbonyl (C=O) groups is 1. The van der Waals surface area contributed by atoms with Crippen LogP contribution in [-0.4, -0.2) is 37.7 Å². The molecule has 0 saturated carbocycles. The van der Waals surface area contributed by atoms with Crippen LogP contribution in [0.2, 0.25) is 0 Å². The van der Waals surface area contributed by atoms with E-state index in [1.54, 1.807) is 10.6 Å². The van der Waals surface area contributed by atoms with E-state index in [0.29, 0.717) is 16.5 Å². The van der Waals surface area contributed by atoms with Crippen molar-refractivity contribution in [2.24, 2.45) is 0 Å². The Labute approximate surface area is 154 Å². The van der Waals surface area contributed by atoms with Gasteiger partial charge in [0.1, 0.15) is 6.54 Å². The summed E-state index contributed by atoms with van der Waals surface area (Å²) in [5.74, 6) is 0.854. The second kappa shape index (κ2) is 7.74. The lowest BCUT2D eigenvalue weighted by Gasteiger charge is -2.09. The number of amides is 1. The van der Waals surface area contributed by atoms with E-state index in [1.807, 2.05) is 31.2 Å². The van der Waals surface area contributed by atoms with Crippen LogP contribution in [-0.2, 0) is 11.3 Å². The van der Waals surface area contributed by atoms with Crippen molar-refractivity contribution in [1.29, 1.82) is 0 Å². The van der Waals surface area contributed by atoms with E-state index in [4.69, 9.17) is 17.0 Å². The highest BCUT2D eigenvalue weighted by Gasteiger charge is 2.12. The van der Waals surface area contributed by atoms with Crippen LogP contribution in [0.4, 0.5) is 5.95 Å². The molecule has 0 aliphatic heterocycles. The highest BCUT2D eigenvalue weighted by molar-refractivity contribution is 7.71. The summed E-state index contributed by atoms with van der Waals surface area (Å²) >= 11 is 5.23.